The molecule has 2 heterocycles. The number of ether oxygens (including phenoxy) is 1. The summed E-state index contributed by atoms with van der Waals surface area (Å²) in [5, 5.41) is 9.39. The van der Waals surface area contributed by atoms with E-state index in [1.807, 2.05) is 37.3 Å². The number of para-hydroxylation sites is 1. The lowest BCUT2D eigenvalue weighted by Crippen LogP contribution is -2.31. The Morgan fingerprint density at radius 2 is 1.78 bits per heavy atom. The predicted octanol–water partition coefficient (Wildman–Crippen LogP) is 3.64. The van der Waals surface area contributed by atoms with Gasteiger partial charge >= 0.3 is 0 Å². The van der Waals surface area contributed by atoms with Crippen LogP contribution in [0, 0.1) is 0 Å². The van der Waals surface area contributed by atoms with Crippen molar-refractivity contribution in [3.63, 3.8) is 0 Å². The molecule has 1 atom stereocenters. The van der Waals surface area contributed by atoms with Crippen molar-refractivity contribution in [1.82, 2.24) is 9.97 Å². The summed E-state index contributed by atoms with van der Waals surface area (Å²) in [6.45, 7) is 1.89. The summed E-state index contributed by atoms with van der Waals surface area (Å²) < 4.78 is 5.74. The van der Waals surface area contributed by atoms with Gasteiger partial charge in [0.2, 0.25) is 17.7 Å². The highest BCUT2D eigenvalue weighted by atomic mass is 32.2. The van der Waals surface area contributed by atoms with Crippen LogP contribution in [-0.4, -0.2) is 32.1 Å². The minimum absolute atomic E-state index is 0.0348. The molecule has 8 nitrogen and oxygen atoms in total. The lowest BCUT2D eigenvalue weighted by molar-refractivity contribution is -0.121. The van der Waals surface area contributed by atoms with Crippen LogP contribution in [-0.2, 0) is 16.0 Å². The van der Waals surface area contributed by atoms with Crippen molar-refractivity contribution in [3.8, 4) is 17.4 Å². The fourth-order valence-electron chi connectivity index (χ4n) is 3.39. The normalized spacial score (nSPS) is 15.9. The molecule has 1 aromatic heterocycles. The Morgan fingerprint density at radius 1 is 1.09 bits per heavy atom. The van der Waals surface area contributed by atoms with E-state index in [2.05, 4.69) is 9.97 Å². The molecular weight excluding hydrogens is 430 g/mol. The third-order valence-corrected chi connectivity index (χ3v) is 5.97. The minimum atomic E-state index is -0.748. The van der Waals surface area contributed by atoms with Crippen LogP contribution >= 0.6 is 11.8 Å². The monoisotopic (exact) mass is 451 g/mol. The zero-order valence-corrected chi connectivity index (χ0v) is 18.1. The molecule has 0 spiro atoms. The number of H-pyrrole nitrogens is 1. The summed E-state index contributed by atoms with van der Waals surface area (Å²) in [7, 11) is 0. The SMILES string of the molecule is CCCc1c(O)nc(SC2CC(=O)N(c3ccc(Oc4ccccc4)cc3)C2=O)[nH]c1=O. The summed E-state index contributed by atoms with van der Waals surface area (Å²) in [6.07, 6.45) is 1.05. The van der Waals surface area contributed by atoms with Gasteiger partial charge in [-0.05, 0) is 42.8 Å². The highest BCUT2D eigenvalue weighted by Crippen LogP contribution is 2.34. The second kappa shape index (κ2) is 9.27. The first kappa shape index (κ1) is 21.6. The third-order valence-electron chi connectivity index (χ3n) is 4.90. The smallest absolute Gasteiger partial charge is 0.258 e. The van der Waals surface area contributed by atoms with Crippen LogP contribution in [0.25, 0.3) is 0 Å². The van der Waals surface area contributed by atoms with E-state index in [-0.39, 0.29) is 28.9 Å². The number of nitrogens with zero attached hydrogens (tertiary/aromatic N) is 2. The van der Waals surface area contributed by atoms with Gasteiger partial charge in [0, 0.05) is 6.42 Å². The zero-order chi connectivity index (χ0) is 22.7. The van der Waals surface area contributed by atoms with Crippen molar-refractivity contribution in [3.05, 3.63) is 70.5 Å². The molecule has 1 fully saturated rings. The van der Waals surface area contributed by atoms with Crippen LogP contribution in [0.4, 0.5) is 5.69 Å². The molecule has 0 radical (unpaired) electrons. The molecule has 4 rings (SSSR count). The number of carbonyl (C=O) groups is 2. The molecule has 32 heavy (non-hydrogen) atoms. The largest absolute Gasteiger partial charge is 0.493 e. The standard InChI is InChI=1S/C23H21N3O5S/c1-2-6-17-20(28)24-23(25-21(17)29)32-18-13-19(27)26(22(18)30)14-9-11-16(12-10-14)31-15-7-4-3-5-8-15/h3-5,7-12,18H,2,6,13H2,1H3,(H2,24,25,28,29). The molecule has 2 aromatic carbocycles. The number of nitrogens with one attached hydrogen (secondary N) is 1. The van der Waals surface area contributed by atoms with Crippen LogP contribution in [0.15, 0.2) is 64.5 Å². The van der Waals surface area contributed by atoms with E-state index in [4.69, 9.17) is 4.74 Å². The van der Waals surface area contributed by atoms with E-state index in [1.54, 1.807) is 24.3 Å². The van der Waals surface area contributed by atoms with E-state index in [1.165, 1.54) is 0 Å². The molecule has 0 bridgehead atoms. The van der Waals surface area contributed by atoms with Crippen molar-refractivity contribution < 1.29 is 19.4 Å². The topological polar surface area (TPSA) is 113 Å². The minimum Gasteiger partial charge on any atom is -0.493 e. The number of aromatic nitrogens is 2. The number of anilines is 1. The number of rotatable bonds is 7. The highest BCUT2D eigenvalue weighted by molar-refractivity contribution is 8.00. The Morgan fingerprint density at radius 3 is 2.44 bits per heavy atom. The van der Waals surface area contributed by atoms with Gasteiger partial charge in [0.15, 0.2) is 5.16 Å². The van der Waals surface area contributed by atoms with Crippen molar-refractivity contribution in [2.45, 2.75) is 36.6 Å². The Bertz CT molecular complexity index is 1190. The highest BCUT2D eigenvalue weighted by Gasteiger charge is 2.40. The van der Waals surface area contributed by atoms with Gasteiger partial charge in [-0.25, -0.2) is 4.90 Å². The van der Waals surface area contributed by atoms with E-state index in [9.17, 15) is 19.5 Å². The number of carbonyl (C=O) groups excluding carboxylic acids is 2. The fraction of sp³-hybridized carbons (Fsp3) is 0.217. The Labute approximate surface area is 188 Å². The average Bonchev–Trinajstić information content (AvgIpc) is 3.05. The number of imide groups is 1. The molecule has 1 aliphatic heterocycles. The molecule has 0 saturated carbocycles. The van der Waals surface area contributed by atoms with Gasteiger partial charge in [0.05, 0.1) is 11.3 Å². The van der Waals surface area contributed by atoms with Gasteiger partial charge in [0.25, 0.3) is 5.56 Å². The fourth-order valence-corrected chi connectivity index (χ4v) is 4.38. The maximum absolute atomic E-state index is 12.9. The van der Waals surface area contributed by atoms with Crippen LogP contribution in [0.2, 0.25) is 0 Å². The number of aromatic amines is 1. The number of hydrogen-bond donors (Lipinski definition) is 2. The number of aromatic hydroxyl groups is 1. The van der Waals surface area contributed by atoms with Crippen LogP contribution in [0.1, 0.15) is 25.3 Å². The maximum atomic E-state index is 12.9. The maximum Gasteiger partial charge on any atom is 0.258 e. The van der Waals surface area contributed by atoms with Gasteiger partial charge in [-0.2, -0.15) is 4.98 Å². The van der Waals surface area contributed by atoms with E-state index >= 15 is 0 Å². The molecule has 1 saturated heterocycles. The van der Waals surface area contributed by atoms with Crippen molar-refractivity contribution in [1.29, 1.82) is 0 Å². The van der Waals surface area contributed by atoms with Crippen molar-refractivity contribution >= 4 is 29.3 Å². The summed E-state index contributed by atoms with van der Waals surface area (Å²) in [5.74, 6) is 0.157. The molecule has 2 N–H and O–H groups in total. The first-order valence-corrected chi connectivity index (χ1v) is 11.0. The van der Waals surface area contributed by atoms with Gasteiger partial charge in [-0.15, -0.1) is 0 Å². The first-order chi connectivity index (χ1) is 15.5. The van der Waals surface area contributed by atoms with Gasteiger partial charge < -0.3 is 14.8 Å². The van der Waals surface area contributed by atoms with Gasteiger partial charge in [-0.3, -0.25) is 14.4 Å². The summed E-state index contributed by atoms with van der Waals surface area (Å²) >= 11 is 0.958. The molecule has 9 heteroatoms. The summed E-state index contributed by atoms with van der Waals surface area (Å²) in [4.78, 5) is 45.3. The second-order valence-corrected chi connectivity index (χ2v) is 8.40. The Balaban J connectivity index is 1.48. The van der Waals surface area contributed by atoms with Crippen LogP contribution in [0.5, 0.6) is 17.4 Å². The van der Waals surface area contributed by atoms with E-state index in [0.717, 1.165) is 16.7 Å². The Hall–Kier alpha value is -3.59. The summed E-state index contributed by atoms with van der Waals surface area (Å²) in [5.41, 5.74) is 0.209. The van der Waals surface area contributed by atoms with Gasteiger partial charge in [0.1, 0.15) is 16.7 Å². The molecule has 0 aliphatic carbocycles. The van der Waals surface area contributed by atoms with Crippen LogP contribution < -0.4 is 15.2 Å². The Kier molecular flexibility index (Phi) is 6.27. The van der Waals surface area contributed by atoms with Crippen LogP contribution in [0.3, 0.4) is 0 Å². The van der Waals surface area contributed by atoms with E-state index in [0.29, 0.717) is 30.0 Å². The van der Waals surface area contributed by atoms with Crippen molar-refractivity contribution in [2.24, 2.45) is 0 Å². The number of thioether (sulfide) groups is 1. The van der Waals surface area contributed by atoms with Gasteiger partial charge in [-0.1, -0.05) is 43.3 Å². The molecular formula is C23H21N3O5S. The molecule has 164 valence electrons. The molecule has 3 aromatic rings. The zero-order valence-electron chi connectivity index (χ0n) is 17.3. The number of amides is 2. The molecule has 2 amide bonds. The third kappa shape index (κ3) is 4.52. The molecule has 1 unspecified atom stereocenters. The average molecular weight is 452 g/mol. The lowest BCUT2D eigenvalue weighted by atomic mass is 10.2. The molecule has 1 aliphatic rings. The first-order valence-electron chi connectivity index (χ1n) is 10.1. The quantitative estimate of drug-likeness (QED) is 0.416. The lowest BCUT2D eigenvalue weighted by Gasteiger charge is -2.15. The number of benzene rings is 2. The van der Waals surface area contributed by atoms with E-state index < -0.39 is 16.7 Å². The number of hydrogen-bond acceptors (Lipinski definition) is 7. The summed E-state index contributed by atoms with van der Waals surface area (Å²) in [6, 6.07) is 15.9. The predicted molar refractivity (Wildman–Crippen MR) is 120 cm³/mol. The van der Waals surface area contributed by atoms with Crippen molar-refractivity contribution in [2.75, 3.05) is 4.90 Å². The second-order valence-electron chi connectivity index (χ2n) is 7.21.